The van der Waals surface area contributed by atoms with Crippen molar-refractivity contribution in [3.05, 3.63) is 48.6 Å². The minimum Gasteiger partial charge on any atom is -0.756 e. The Labute approximate surface area is 224 Å². The molecule has 0 rings (SSSR count). The summed E-state index contributed by atoms with van der Waals surface area (Å²) in [6.45, 7) is 1.65. The summed E-state index contributed by atoms with van der Waals surface area (Å²) < 4.78 is 27.0. The fourth-order valence-corrected chi connectivity index (χ4v) is 3.66. The van der Waals surface area contributed by atoms with Gasteiger partial charge in [-0.05, 0) is 44.9 Å². The minimum absolute atomic E-state index is 0.0225. The number of phosphoric ester groups is 1. The van der Waals surface area contributed by atoms with Crippen LogP contribution in [0.25, 0.3) is 0 Å². The Kier molecular flexibility index (Phi) is 21.5. The average Bonchev–Trinajstić information content (AvgIpc) is 2.82. The molecule has 0 amide bonds. The summed E-state index contributed by atoms with van der Waals surface area (Å²) in [7, 11) is 1.19. The number of phosphoric acid groups is 1. The third kappa shape index (κ3) is 25.9. The van der Waals surface area contributed by atoms with E-state index in [0.717, 1.165) is 25.7 Å². The predicted molar refractivity (Wildman–Crippen MR) is 148 cm³/mol. The number of esters is 1. The lowest BCUT2D eigenvalue weighted by atomic mass is 10.2. The van der Waals surface area contributed by atoms with E-state index < -0.39 is 33.1 Å². The van der Waals surface area contributed by atoms with E-state index in [1.807, 2.05) is 27.2 Å². The molecule has 8 nitrogen and oxygen atoms in total. The molecule has 0 radical (unpaired) electrons. The molecular weight excluding hydrogens is 493 g/mol. The number of quaternary nitrogens is 1. The van der Waals surface area contributed by atoms with Crippen LogP contribution >= 0.6 is 7.82 Å². The number of carbonyl (C=O) groups is 1. The molecule has 0 aromatic heterocycles. The summed E-state index contributed by atoms with van der Waals surface area (Å²) in [5.74, 6) is -0.509. The van der Waals surface area contributed by atoms with Gasteiger partial charge in [0.1, 0.15) is 19.3 Å². The summed E-state index contributed by atoms with van der Waals surface area (Å²) in [6.07, 6.45) is 25.4. The maximum atomic E-state index is 12.0. The molecule has 0 bridgehead atoms. The molecule has 0 aliphatic carbocycles. The highest BCUT2D eigenvalue weighted by atomic mass is 31.2. The third-order valence-electron chi connectivity index (χ3n) is 5.14. The van der Waals surface area contributed by atoms with Crippen LogP contribution in [-0.4, -0.2) is 69.2 Å². The van der Waals surface area contributed by atoms with Crippen LogP contribution < -0.4 is 4.89 Å². The standard InChI is InChI=1S/C28H50NO7P/c1-5-6-7-8-9-10-11-12-13-14-15-16-17-18-19-20-21-22-28(31)36-27(25-30)26-35-37(32,33)34-24-23-29(2,3)4/h9-10,12-13,15-16,18-19,27,30H,5-8,11,14,17,20-26H2,1-4H3/b10-9+,13-12+,16-15+,19-18+/t27-/m1/s1. The van der Waals surface area contributed by atoms with Gasteiger partial charge in [0.05, 0.1) is 34.4 Å². The van der Waals surface area contributed by atoms with E-state index in [4.69, 9.17) is 13.8 Å². The van der Waals surface area contributed by atoms with Gasteiger partial charge in [-0.3, -0.25) is 9.36 Å². The molecule has 0 aromatic carbocycles. The number of rotatable bonds is 23. The van der Waals surface area contributed by atoms with Gasteiger partial charge in [0.2, 0.25) is 0 Å². The summed E-state index contributed by atoms with van der Waals surface area (Å²) in [5.41, 5.74) is 0. The van der Waals surface area contributed by atoms with Crippen molar-refractivity contribution >= 4 is 13.8 Å². The van der Waals surface area contributed by atoms with E-state index in [0.29, 0.717) is 17.4 Å². The first-order valence-corrected chi connectivity index (χ1v) is 14.9. The van der Waals surface area contributed by atoms with Crippen LogP contribution in [-0.2, 0) is 23.1 Å². The maximum Gasteiger partial charge on any atom is 0.306 e. The van der Waals surface area contributed by atoms with Crippen molar-refractivity contribution in [2.75, 3.05) is 47.5 Å². The molecule has 1 N–H and O–H groups in total. The average molecular weight is 544 g/mol. The highest BCUT2D eigenvalue weighted by Gasteiger charge is 2.19. The second kappa shape index (κ2) is 22.4. The Morgan fingerprint density at radius 1 is 0.892 bits per heavy atom. The van der Waals surface area contributed by atoms with Crippen LogP contribution in [0.2, 0.25) is 0 Å². The molecule has 0 heterocycles. The second-order valence-corrected chi connectivity index (χ2v) is 11.3. The first-order valence-electron chi connectivity index (χ1n) is 13.4. The lowest BCUT2D eigenvalue weighted by Crippen LogP contribution is -2.37. The quantitative estimate of drug-likeness (QED) is 0.0617. The Bertz CT molecular complexity index is 741. The van der Waals surface area contributed by atoms with Gasteiger partial charge in [0.25, 0.3) is 7.82 Å². The first kappa shape index (κ1) is 35.5. The van der Waals surface area contributed by atoms with Crippen LogP contribution in [0.5, 0.6) is 0 Å². The number of hydrogen-bond acceptors (Lipinski definition) is 7. The van der Waals surface area contributed by atoms with Crippen molar-refractivity contribution in [2.24, 2.45) is 0 Å². The van der Waals surface area contributed by atoms with E-state index in [1.165, 1.54) is 25.7 Å². The highest BCUT2D eigenvalue weighted by Crippen LogP contribution is 2.38. The Hall–Kier alpha value is -1.54. The Morgan fingerprint density at radius 3 is 1.95 bits per heavy atom. The fraction of sp³-hybridized carbons (Fsp3) is 0.679. The van der Waals surface area contributed by atoms with E-state index in [1.54, 1.807) is 0 Å². The van der Waals surface area contributed by atoms with Gasteiger partial charge in [0.15, 0.2) is 0 Å². The fourth-order valence-electron chi connectivity index (χ4n) is 2.93. The molecule has 0 spiro atoms. The number of likely N-dealkylation sites (N-methyl/N-ethyl adjacent to an activating group) is 1. The normalized spacial score (nSPS) is 15.3. The lowest BCUT2D eigenvalue weighted by Gasteiger charge is -2.28. The smallest absolute Gasteiger partial charge is 0.306 e. The first-order chi connectivity index (χ1) is 17.6. The van der Waals surface area contributed by atoms with Gasteiger partial charge < -0.3 is 28.3 Å². The summed E-state index contributed by atoms with van der Waals surface area (Å²) >= 11 is 0. The summed E-state index contributed by atoms with van der Waals surface area (Å²) in [6, 6.07) is 0. The molecule has 0 fully saturated rings. The highest BCUT2D eigenvalue weighted by molar-refractivity contribution is 7.45. The van der Waals surface area contributed by atoms with E-state index in [2.05, 4.69) is 49.5 Å². The molecule has 0 aliphatic rings. The molecule has 37 heavy (non-hydrogen) atoms. The molecule has 214 valence electrons. The monoisotopic (exact) mass is 543 g/mol. The zero-order valence-corrected chi connectivity index (χ0v) is 24.3. The number of nitrogens with zero attached hydrogens (tertiary/aromatic N) is 1. The number of carbonyl (C=O) groups excluding carboxylic acids is 1. The van der Waals surface area contributed by atoms with Crippen LogP contribution in [0.15, 0.2) is 48.6 Å². The number of aliphatic hydroxyl groups is 1. The SMILES string of the molecule is CCCCC/C=C/C/C=C/C/C=C/C/C=C/CCCC(=O)O[C@H](CO)COP(=O)([O-])OCC[N+](C)(C)C. The van der Waals surface area contributed by atoms with Gasteiger partial charge in [-0.15, -0.1) is 0 Å². The number of ether oxygens (including phenoxy) is 1. The predicted octanol–water partition coefficient (Wildman–Crippen LogP) is 5.24. The third-order valence-corrected chi connectivity index (χ3v) is 6.11. The van der Waals surface area contributed by atoms with Crippen molar-refractivity contribution < 1.29 is 37.6 Å². The lowest BCUT2D eigenvalue weighted by molar-refractivity contribution is -0.870. The molecule has 0 saturated heterocycles. The van der Waals surface area contributed by atoms with Crippen LogP contribution in [0.1, 0.15) is 71.1 Å². The van der Waals surface area contributed by atoms with E-state index in [9.17, 15) is 19.4 Å². The Morgan fingerprint density at radius 2 is 1.43 bits per heavy atom. The van der Waals surface area contributed by atoms with Crippen molar-refractivity contribution in [3.63, 3.8) is 0 Å². The molecule has 0 aliphatic heterocycles. The van der Waals surface area contributed by atoms with Crippen molar-refractivity contribution in [2.45, 2.75) is 77.2 Å². The molecule has 9 heteroatoms. The van der Waals surface area contributed by atoms with Crippen molar-refractivity contribution in [1.82, 2.24) is 0 Å². The summed E-state index contributed by atoms with van der Waals surface area (Å²) in [5, 5.41) is 9.36. The zero-order valence-electron chi connectivity index (χ0n) is 23.4. The van der Waals surface area contributed by atoms with Gasteiger partial charge in [-0.25, -0.2) is 0 Å². The largest absolute Gasteiger partial charge is 0.756 e. The second-order valence-electron chi connectivity index (χ2n) is 9.87. The van der Waals surface area contributed by atoms with Gasteiger partial charge in [-0.2, -0.15) is 0 Å². The summed E-state index contributed by atoms with van der Waals surface area (Å²) in [4.78, 5) is 23.8. The molecular formula is C28H50NO7P. The van der Waals surface area contributed by atoms with Crippen molar-refractivity contribution in [3.8, 4) is 0 Å². The van der Waals surface area contributed by atoms with E-state index in [-0.39, 0.29) is 13.0 Å². The van der Waals surface area contributed by atoms with Crippen LogP contribution in [0.4, 0.5) is 0 Å². The number of unbranched alkanes of at least 4 members (excludes halogenated alkanes) is 4. The van der Waals surface area contributed by atoms with Gasteiger partial charge in [-0.1, -0.05) is 68.4 Å². The number of aliphatic hydroxyl groups excluding tert-OH is 1. The number of allylic oxidation sites excluding steroid dienone is 8. The van der Waals surface area contributed by atoms with Crippen LogP contribution in [0, 0.1) is 0 Å². The van der Waals surface area contributed by atoms with Gasteiger partial charge >= 0.3 is 5.97 Å². The maximum absolute atomic E-state index is 12.0. The van der Waals surface area contributed by atoms with Crippen LogP contribution in [0.3, 0.4) is 0 Å². The van der Waals surface area contributed by atoms with Crippen molar-refractivity contribution in [1.29, 1.82) is 0 Å². The van der Waals surface area contributed by atoms with E-state index >= 15 is 0 Å². The molecule has 0 saturated carbocycles. The number of hydrogen-bond donors (Lipinski definition) is 1. The zero-order chi connectivity index (χ0) is 27.8. The minimum atomic E-state index is -4.53. The molecule has 1 unspecified atom stereocenters. The van der Waals surface area contributed by atoms with Gasteiger partial charge in [0, 0.05) is 6.42 Å². The topological polar surface area (TPSA) is 105 Å². The Balaban J connectivity index is 3.91. The molecule has 2 atom stereocenters. The molecule has 0 aromatic rings.